The van der Waals surface area contributed by atoms with Crippen molar-refractivity contribution >= 4 is 17.4 Å². The van der Waals surface area contributed by atoms with Crippen molar-refractivity contribution in [3.05, 3.63) is 34.4 Å². The van der Waals surface area contributed by atoms with Gasteiger partial charge in [0.15, 0.2) is 0 Å². The molecule has 0 saturated heterocycles. The number of nitro groups is 1. The van der Waals surface area contributed by atoms with Gasteiger partial charge in [-0.25, -0.2) is 0 Å². The summed E-state index contributed by atoms with van der Waals surface area (Å²) in [6.07, 6.45) is 1.10. The fraction of sp³-hybridized carbons (Fsp3) is 0.571. The Balaban J connectivity index is 2.66. The van der Waals surface area contributed by atoms with Crippen molar-refractivity contribution in [2.75, 3.05) is 12.3 Å². The average Bonchev–Trinajstić information content (AvgIpc) is 2.38. The topological polar surface area (TPSA) is 55.2 Å². The summed E-state index contributed by atoms with van der Waals surface area (Å²) in [4.78, 5) is 11.4. The van der Waals surface area contributed by atoms with E-state index in [4.69, 9.17) is 0 Å². The Hall–Kier alpha value is -1.07. The smallest absolute Gasteiger partial charge is 0.282 e. The molecule has 1 N–H and O–H groups in total. The van der Waals surface area contributed by atoms with Gasteiger partial charge in [-0.1, -0.05) is 32.9 Å². The van der Waals surface area contributed by atoms with Crippen LogP contribution in [0, 0.1) is 16.0 Å². The molecule has 0 aliphatic rings. The van der Waals surface area contributed by atoms with Gasteiger partial charge in [-0.15, -0.1) is 11.8 Å². The van der Waals surface area contributed by atoms with Crippen LogP contribution in [-0.4, -0.2) is 23.3 Å². The Bertz CT molecular complexity index is 410. The number of thioether (sulfide) groups is 1. The van der Waals surface area contributed by atoms with E-state index in [1.54, 1.807) is 23.9 Å². The van der Waals surface area contributed by atoms with Crippen molar-refractivity contribution in [2.24, 2.45) is 5.92 Å². The van der Waals surface area contributed by atoms with Gasteiger partial charge >= 0.3 is 0 Å². The molecule has 19 heavy (non-hydrogen) atoms. The summed E-state index contributed by atoms with van der Waals surface area (Å²) < 4.78 is 0. The second-order valence-electron chi connectivity index (χ2n) is 4.84. The first-order valence-corrected chi connectivity index (χ1v) is 7.64. The highest BCUT2D eigenvalue weighted by atomic mass is 32.2. The van der Waals surface area contributed by atoms with Crippen LogP contribution in [0.2, 0.25) is 0 Å². The third kappa shape index (κ3) is 5.20. The van der Waals surface area contributed by atoms with Gasteiger partial charge in [0.2, 0.25) is 0 Å². The second kappa shape index (κ2) is 8.17. The molecule has 1 aromatic carbocycles. The summed E-state index contributed by atoms with van der Waals surface area (Å²) in [7, 11) is 0. The van der Waals surface area contributed by atoms with Crippen LogP contribution in [-0.2, 0) is 0 Å². The maximum absolute atomic E-state index is 10.9. The van der Waals surface area contributed by atoms with E-state index in [2.05, 4.69) is 26.1 Å². The van der Waals surface area contributed by atoms with E-state index < -0.39 is 0 Å². The molecule has 0 aliphatic heterocycles. The summed E-state index contributed by atoms with van der Waals surface area (Å²) in [6, 6.07) is 7.31. The molecule has 0 aliphatic carbocycles. The summed E-state index contributed by atoms with van der Waals surface area (Å²) in [6.45, 7) is 7.47. The van der Waals surface area contributed by atoms with Gasteiger partial charge in [-0.3, -0.25) is 10.1 Å². The summed E-state index contributed by atoms with van der Waals surface area (Å²) in [5.74, 6) is 1.37. The lowest BCUT2D eigenvalue weighted by atomic mass is 10.1. The van der Waals surface area contributed by atoms with Gasteiger partial charge in [-0.2, -0.15) is 0 Å². The lowest BCUT2D eigenvalue weighted by Gasteiger charge is -2.21. The normalized spacial score (nSPS) is 12.6. The molecule has 1 aromatic rings. The minimum atomic E-state index is -0.313. The molecule has 4 nitrogen and oxygen atoms in total. The zero-order valence-corrected chi connectivity index (χ0v) is 12.6. The average molecular weight is 282 g/mol. The molecule has 0 aromatic heterocycles. The Labute approximate surface area is 119 Å². The highest BCUT2D eigenvalue weighted by Crippen LogP contribution is 2.29. The third-order valence-corrected chi connectivity index (χ3v) is 4.12. The van der Waals surface area contributed by atoms with Crippen molar-refractivity contribution in [3.63, 3.8) is 0 Å². The fourth-order valence-electron chi connectivity index (χ4n) is 1.73. The van der Waals surface area contributed by atoms with Gasteiger partial charge in [0, 0.05) is 17.9 Å². The number of rotatable bonds is 8. The second-order valence-corrected chi connectivity index (χ2v) is 5.90. The van der Waals surface area contributed by atoms with Gasteiger partial charge in [0.25, 0.3) is 5.69 Å². The summed E-state index contributed by atoms with van der Waals surface area (Å²) in [5, 5.41) is 14.4. The summed E-state index contributed by atoms with van der Waals surface area (Å²) in [5.41, 5.74) is 0.200. The minimum Gasteiger partial charge on any atom is -0.313 e. The van der Waals surface area contributed by atoms with Gasteiger partial charge in [0.05, 0.1) is 9.82 Å². The number of nitro benzene ring substituents is 1. The maximum Gasteiger partial charge on any atom is 0.282 e. The van der Waals surface area contributed by atoms with Crippen LogP contribution >= 0.6 is 11.8 Å². The first kappa shape index (κ1) is 16.0. The lowest BCUT2D eigenvalue weighted by Crippen LogP contribution is -2.36. The number of nitrogens with zero attached hydrogens (tertiary/aromatic N) is 1. The molecule has 0 fully saturated rings. The van der Waals surface area contributed by atoms with E-state index in [9.17, 15) is 10.1 Å². The van der Waals surface area contributed by atoms with Gasteiger partial charge in [0.1, 0.15) is 0 Å². The Morgan fingerprint density at radius 3 is 2.63 bits per heavy atom. The number of hydrogen-bond donors (Lipinski definition) is 1. The van der Waals surface area contributed by atoms with E-state index >= 15 is 0 Å². The molecule has 1 atom stereocenters. The van der Waals surface area contributed by atoms with Crippen molar-refractivity contribution in [3.8, 4) is 0 Å². The molecule has 0 amide bonds. The Kier molecular flexibility index (Phi) is 6.87. The van der Waals surface area contributed by atoms with E-state index in [0.29, 0.717) is 12.0 Å². The zero-order chi connectivity index (χ0) is 14.3. The lowest BCUT2D eigenvalue weighted by molar-refractivity contribution is -0.387. The number of hydrogen-bond acceptors (Lipinski definition) is 4. The highest BCUT2D eigenvalue weighted by Gasteiger charge is 2.17. The minimum absolute atomic E-state index is 0.200. The predicted molar refractivity (Wildman–Crippen MR) is 80.7 cm³/mol. The molecule has 0 bridgehead atoms. The van der Waals surface area contributed by atoms with Crippen molar-refractivity contribution < 1.29 is 4.92 Å². The van der Waals surface area contributed by atoms with Crippen molar-refractivity contribution in [1.82, 2.24) is 5.32 Å². The van der Waals surface area contributed by atoms with Gasteiger partial charge in [-0.05, 0) is 24.9 Å². The van der Waals surface area contributed by atoms with Crippen molar-refractivity contribution in [2.45, 2.75) is 38.1 Å². The maximum atomic E-state index is 10.9. The van der Waals surface area contributed by atoms with E-state index in [1.165, 1.54) is 0 Å². The molecule has 1 unspecified atom stereocenters. The largest absolute Gasteiger partial charge is 0.313 e. The Morgan fingerprint density at radius 1 is 1.37 bits per heavy atom. The molecular formula is C14H22N2O2S. The van der Waals surface area contributed by atoms with Crippen LogP contribution in [0.1, 0.15) is 27.2 Å². The van der Waals surface area contributed by atoms with E-state index in [1.807, 2.05) is 12.1 Å². The summed E-state index contributed by atoms with van der Waals surface area (Å²) >= 11 is 1.56. The molecule has 0 radical (unpaired) electrons. The van der Waals surface area contributed by atoms with Crippen molar-refractivity contribution in [1.29, 1.82) is 0 Å². The van der Waals surface area contributed by atoms with E-state index in [-0.39, 0.29) is 10.6 Å². The first-order chi connectivity index (χ1) is 9.06. The standard InChI is InChI=1S/C14H22N2O2S/c1-4-9-15-12(11(2)3)10-19-14-8-6-5-7-13(14)16(17)18/h5-8,11-12,15H,4,9-10H2,1-3H3. The monoisotopic (exact) mass is 282 g/mol. The number of benzene rings is 1. The van der Waals surface area contributed by atoms with Crippen LogP contribution in [0.15, 0.2) is 29.2 Å². The quantitative estimate of drug-likeness (QED) is 0.448. The molecule has 5 heteroatoms. The molecule has 0 saturated carbocycles. The number of nitrogens with one attached hydrogen (secondary N) is 1. The van der Waals surface area contributed by atoms with E-state index in [0.717, 1.165) is 23.6 Å². The highest BCUT2D eigenvalue weighted by molar-refractivity contribution is 7.99. The third-order valence-electron chi connectivity index (χ3n) is 2.94. The molecule has 106 valence electrons. The van der Waals surface area contributed by atoms with Crippen LogP contribution in [0.5, 0.6) is 0 Å². The van der Waals surface area contributed by atoms with Crippen LogP contribution < -0.4 is 5.32 Å². The number of para-hydroxylation sites is 1. The Morgan fingerprint density at radius 2 is 2.05 bits per heavy atom. The van der Waals surface area contributed by atoms with Crippen LogP contribution in [0.25, 0.3) is 0 Å². The molecular weight excluding hydrogens is 260 g/mol. The first-order valence-electron chi connectivity index (χ1n) is 6.65. The molecule has 1 rings (SSSR count). The van der Waals surface area contributed by atoms with Gasteiger partial charge < -0.3 is 5.32 Å². The molecule has 0 heterocycles. The SMILES string of the molecule is CCCNC(CSc1ccccc1[N+](=O)[O-])C(C)C. The fourth-order valence-corrected chi connectivity index (χ4v) is 3.05. The zero-order valence-electron chi connectivity index (χ0n) is 11.8. The van der Waals surface area contributed by atoms with Crippen LogP contribution in [0.3, 0.4) is 0 Å². The predicted octanol–water partition coefficient (Wildman–Crippen LogP) is 3.71. The molecule has 0 spiro atoms. The van der Waals surface area contributed by atoms with Crippen LogP contribution in [0.4, 0.5) is 5.69 Å².